The first-order chi connectivity index (χ1) is 10.5. The second-order valence-corrected chi connectivity index (χ2v) is 10.8. The molecule has 1 rings (SSSR count). The minimum Gasteiger partial charge on any atom is -0.290 e. The van der Waals surface area contributed by atoms with Crippen molar-refractivity contribution in [3.63, 3.8) is 0 Å². The van der Waals surface area contributed by atoms with Gasteiger partial charge in [0.25, 0.3) is 0 Å². The summed E-state index contributed by atoms with van der Waals surface area (Å²) >= 11 is 0. The molecular weight excluding hydrogens is 330 g/mol. The zero-order valence-electron chi connectivity index (χ0n) is 14.5. The molecule has 7 heteroatoms. The summed E-state index contributed by atoms with van der Waals surface area (Å²) in [5.74, 6) is 0. The van der Waals surface area contributed by atoms with Gasteiger partial charge in [-0.3, -0.25) is 4.90 Å². The molecule has 0 bridgehead atoms. The van der Waals surface area contributed by atoms with Crippen molar-refractivity contribution in [2.24, 2.45) is 8.80 Å². The van der Waals surface area contributed by atoms with Crippen molar-refractivity contribution in [2.75, 3.05) is 4.90 Å². The zero-order valence-corrected chi connectivity index (χ0v) is 16.1. The van der Waals surface area contributed by atoms with E-state index in [4.69, 9.17) is 0 Å². The molecule has 0 aliphatic heterocycles. The molecule has 0 heterocycles. The fraction of sp³-hybridized carbons (Fsp3) is 0.500. The molecule has 2 unspecified atom stereocenters. The first-order valence-electron chi connectivity index (χ1n) is 7.27. The van der Waals surface area contributed by atoms with E-state index >= 15 is 0 Å². The van der Waals surface area contributed by atoms with Crippen LogP contribution in [0.3, 0.4) is 0 Å². The number of nitrogens with zero attached hydrogens (tertiary/aromatic N) is 3. The summed E-state index contributed by atoms with van der Waals surface area (Å²) in [6.07, 6.45) is 2.92. The highest BCUT2D eigenvalue weighted by Crippen LogP contribution is 2.15. The molecule has 0 saturated carbocycles. The van der Waals surface area contributed by atoms with E-state index in [0.717, 1.165) is 5.69 Å². The Kier molecular flexibility index (Phi) is 6.83. The van der Waals surface area contributed by atoms with E-state index in [1.54, 1.807) is 4.90 Å². The SMILES string of the molecule is CC(C)(C)S(=O)/N=C/N(/C=N/S(=O)C(C)(C)C)c1ccccc1. The summed E-state index contributed by atoms with van der Waals surface area (Å²) in [7, 11) is -2.75. The third-order valence-corrected chi connectivity index (χ3v) is 5.30. The summed E-state index contributed by atoms with van der Waals surface area (Å²) in [6, 6.07) is 9.41. The molecular formula is C16H25N3O2S2. The highest BCUT2D eigenvalue weighted by Gasteiger charge is 2.20. The number of hydrogen-bond donors (Lipinski definition) is 0. The topological polar surface area (TPSA) is 62.1 Å². The average Bonchev–Trinajstić information content (AvgIpc) is 2.45. The molecule has 5 nitrogen and oxygen atoms in total. The van der Waals surface area contributed by atoms with Crippen LogP contribution in [-0.2, 0) is 22.0 Å². The van der Waals surface area contributed by atoms with Crippen molar-refractivity contribution >= 4 is 40.3 Å². The molecule has 0 radical (unpaired) electrons. The minimum absolute atomic E-state index is 0.440. The fourth-order valence-corrected chi connectivity index (χ4v) is 2.27. The van der Waals surface area contributed by atoms with Gasteiger partial charge in [0.15, 0.2) is 0 Å². The smallest absolute Gasteiger partial charge is 0.146 e. The molecule has 1 aromatic carbocycles. The van der Waals surface area contributed by atoms with Crippen LogP contribution in [0.1, 0.15) is 41.5 Å². The molecule has 1 aromatic rings. The van der Waals surface area contributed by atoms with Crippen LogP contribution in [0.4, 0.5) is 5.69 Å². The van der Waals surface area contributed by atoms with E-state index in [1.165, 1.54) is 12.7 Å². The van der Waals surface area contributed by atoms with Crippen molar-refractivity contribution in [1.29, 1.82) is 0 Å². The molecule has 0 fully saturated rings. The van der Waals surface area contributed by atoms with Gasteiger partial charge in [-0.1, -0.05) is 18.2 Å². The van der Waals surface area contributed by atoms with Gasteiger partial charge in [-0.15, -0.1) is 0 Å². The van der Waals surface area contributed by atoms with Gasteiger partial charge in [0.1, 0.15) is 34.6 Å². The lowest BCUT2D eigenvalue weighted by Gasteiger charge is -2.17. The van der Waals surface area contributed by atoms with Gasteiger partial charge in [0.05, 0.1) is 9.49 Å². The second-order valence-electron chi connectivity index (χ2n) is 6.91. The van der Waals surface area contributed by atoms with Crippen LogP contribution >= 0.6 is 0 Å². The predicted octanol–water partition coefficient (Wildman–Crippen LogP) is 3.47. The summed E-state index contributed by atoms with van der Waals surface area (Å²) in [5.41, 5.74) is 0.803. The maximum Gasteiger partial charge on any atom is 0.146 e. The Morgan fingerprint density at radius 2 is 1.22 bits per heavy atom. The molecule has 0 aliphatic rings. The van der Waals surface area contributed by atoms with E-state index in [9.17, 15) is 8.42 Å². The van der Waals surface area contributed by atoms with E-state index < -0.39 is 31.5 Å². The molecule has 0 N–H and O–H groups in total. The molecule has 0 spiro atoms. The lowest BCUT2D eigenvalue weighted by Crippen LogP contribution is -2.25. The van der Waals surface area contributed by atoms with E-state index in [2.05, 4.69) is 8.80 Å². The first-order valence-corrected chi connectivity index (χ1v) is 9.49. The van der Waals surface area contributed by atoms with E-state index in [0.29, 0.717) is 0 Å². The number of benzene rings is 1. The molecule has 0 aromatic heterocycles. The molecule has 0 aliphatic carbocycles. The van der Waals surface area contributed by atoms with Crippen LogP contribution in [0, 0.1) is 0 Å². The lowest BCUT2D eigenvalue weighted by molar-refractivity contribution is 0.650. The monoisotopic (exact) mass is 355 g/mol. The zero-order chi connectivity index (χ0) is 17.7. The first kappa shape index (κ1) is 19.7. The van der Waals surface area contributed by atoms with Gasteiger partial charge in [0.2, 0.25) is 0 Å². The van der Waals surface area contributed by atoms with Gasteiger partial charge in [-0.2, -0.15) is 8.80 Å². The number of rotatable bonds is 5. The van der Waals surface area contributed by atoms with Gasteiger partial charge in [0, 0.05) is 5.69 Å². The van der Waals surface area contributed by atoms with E-state index in [1.807, 2.05) is 71.9 Å². The summed E-state index contributed by atoms with van der Waals surface area (Å²) in [5, 5.41) is 0. The summed E-state index contributed by atoms with van der Waals surface area (Å²) in [6.45, 7) is 11.1. The second kappa shape index (κ2) is 7.97. The van der Waals surface area contributed by atoms with Gasteiger partial charge in [-0.25, -0.2) is 8.42 Å². The molecule has 0 saturated heterocycles. The van der Waals surface area contributed by atoms with E-state index in [-0.39, 0.29) is 0 Å². The molecule has 23 heavy (non-hydrogen) atoms. The van der Waals surface area contributed by atoms with Crippen molar-refractivity contribution in [3.8, 4) is 0 Å². The Morgan fingerprint density at radius 1 is 0.826 bits per heavy atom. The maximum atomic E-state index is 12.1. The fourth-order valence-electron chi connectivity index (χ4n) is 1.27. The van der Waals surface area contributed by atoms with Gasteiger partial charge < -0.3 is 0 Å². The summed E-state index contributed by atoms with van der Waals surface area (Å²) < 4.78 is 31.5. The van der Waals surface area contributed by atoms with Gasteiger partial charge >= 0.3 is 0 Å². The molecule has 128 valence electrons. The highest BCUT2D eigenvalue weighted by atomic mass is 32.2. The van der Waals surface area contributed by atoms with Crippen LogP contribution in [-0.4, -0.2) is 30.6 Å². The Labute approximate surface area is 144 Å². The van der Waals surface area contributed by atoms with Crippen molar-refractivity contribution in [3.05, 3.63) is 30.3 Å². The lowest BCUT2D eigenvalue weighted by atomic mass is 10.3. The largest absolute Gasteiger partial charge is 0.290 e. The maximum absolute atomic E-state index is 12.1. The minimum atomic E-state index is -1.37. The van der Waals surface area contributed by atoms with Crippen molar-refractivity contribution in [1.82, 2.24) is 0 Å². The van der Waals surface area contributed by atoms with Crippen molar-refractivity contribution in [2.45, 2.75) is 51.0 Å². The molecule has 0 amide bonds. The van der Waals surface area contributed by atoms with Crippen LogP contribution in [0.5, 0.6) is 0 Å². The summed E-state index contributed by atoms with van der Waals surface area (Å²) in [4.78, 5) is 1.62. The Morgan fingerprint density at radius 3 is 1.57 bits per heavy atom. The number of para-hydroxylation sites is 1. The van der Waals surface area contributed by atoms with Crippen molar-refractivity contribution < 1.29 is 8.42 Å². The van der Waals surface area contributed by atoms with Crippen LogP contribution in [0.2, 0.25) is 0 Å². The average molecular weight is 356 g/mol. The van der Waals surface area contributed by atoms with Crippen LogP contribution in [0.25, 0.3) is 0 Å². The highest BCUT2D eigenvalue weighted by molar-refractivity contribution is 7.85. The third kappa shape index (κ3) is 6.74. The normalized spacial score (nSPS) is 15.9. The quantitative estimate of drug-likeness (QED) is 0.600. The number of anilines is 1. The number of hydrogen-bond acceptors (Lipinski definition) is 2. The van der Waals surface area contributed by atoms with Crippen LogP contribution in [0.15, 0.2) is 39.1 Å². The Balaban J connectivity index is 3.05. The Bertz CT molecular complexity index is 578. The third-order valence-electron chi connectivity index (χ3n) is 2.64. The standard InChI is InChI=1S/C16H25N3O2S2/c1-15(2,3)22(20)17-12-19(14-10-8-7-9-11-14)13-18-23(21)16(4,5)6/h7-13H,1-6H3/b17-12+,18-13+. The molecule has 2 atom stereocenters. The Hall–Kier alpha value is -1.34. The van der Waals surface area contributed by atoms with Crippen LogP contribution < -0.4 is 4.90 Å². The predicted molar refractivity (Wildman–Crippen MR) is 102 cm³/mol. The van der Waals surface area contributed by atoms with Gasteiger partial charge in [-0.05, 0) is 53.7 Å².